The highest BCUT2D eigenvalue weighted by atomic mass is 16.7. The lowest BCUT2D eigenvalue weighted by molar-refractivity contribution is -0.207. The summed E-state index contributed by atoms with van der Waals surface area (Å²) in [5.74, 6) is -1.85. The first-order chi connectivity index (χ1) is 12.9. The summed E-state index contributed by atoms with van der Waals surface area (Å²) >= 11 is 0. The van der Waals surface area contributed by atoms with Gasteiger partial charge in [0, 0.05) is 24.4 Å². The molecule has 0 N–H and O–H groups in total. The second kappa shape index (κ2) is 6.71. The zero-order valence-corrected chi connectivity index (χ0v) is 17.9. The van der Waals surface area contributed by atoms with Crippen molar-refractivity contribution in [3.63, 3.8) is 0 Å². The Labute approximate surface area is 166 Å². The van der Waals surface area contributed by atoms with Crippen LogP contribution in [0.2, 0.25) is 0 Å². The molecule has 0 amide bonds. The van der Waals surface area contributed by atoms with Crippen LogP contribution in [0.3, 0.4) is 0 Å². The van der Waals surface area contributed by atoms with Crippen molar-refractivity contribution >= 4 is 17.9 Å². The van der Waals surface area contributed by atoms with Gasteiger partial charge in [-0.3, -0.25) is 14.4 Å². The minimum absolute atomic E-state index is 0.0822. The molecule has 0 aromatic rings. The van der Waals surface area contributed by atoms with Crippen molar-refractivity contribution < 1.29 is 33.3 Å². The maximum Gasteiger partial charge on any atom is 0.326 e. The molecule has 7 nitrogen and oxygen atoms in total. The number of methoxy groups -OCH3 is 1. The number of carbonyl (C=O) groups is 3. The van der Waals surface area contributed by atoms with Gasteiger partial charge in [-0.15, -0.1) is 0 Å². The quantitative estimate of drug-likeness (QED) is 0.295. The van der Waals surface area contributed by atoms with Crippen molar-refractivity contribution in [2.24, 2.45) is 28.1 Å². The van der Waals surface area contributed by atoms with E-state index in [1.807, 2.05) is 41.5 Å². The second-order valence-electron chi connectivity index (χ2n) is 10.1. The van der Waals surface area contributed by atoms with Crippen LogP contribution in [0.25, 0.3) is 0 Å². The summed E-state index contributed by atoms with van der Waals surface area (Å²) < 4.78 is 22.3. The molecule has 3 fully saturated rings. The van der Waals surface area contributed by atoms with Gasteiger partial charge in [-0.25, -0.2) is 0 Å². The molecule has 28 heavy (non-hydrogen) atoms. The van der Waals surface area contributed by atoms with Gasteiger partial charge >= 0.3 is 17.9 Å². The molecule has 1 aliphatic heterocycles. The van der Waals surface area contributed by atoms with Gasteiger partial charge in [-0.1, -0.05) is 27.7 Å². The van der Waals surface area contributed by atoms with Gasteiger partial charge in [0.2, 0.25) is 6.29 Å². The van der Waals surface area contributed by atoms with Crippen LogP contribution in [0.1, 0.15) is 60.8 Å². The van der Waals surface area contributed by atoms with E-state index in [2.05, 4.69) is 0 Å². The standard InChI is InChI=1S/C21H32O7/c1-8-20(5,6)15(22)26-13-11-9-12-14(13)27-16(23)21(12,10-11)17(24)28-18(25-7)19(2,3)4/h11-14,18H,8-10H2,1-7H3. The van der Waals surface area contributed by atoms with Gasteiger partial charge in [-0.05, 0) is 33.1 Å². The van der Waals surface area contributed by atoms with Crippen molar-refractivity contribution in [2.75, 3.05) is 7.11 Å². The van der Waals surface area contributed by atoms with Gasteiger partial charge in [0.15, 0.2) is 5.41 Å². The highest BCUT2D eigenvalue weighted by molar-refractivity contribution is 6.03. The maximum absolute atomic E-state index is 13.1. The van der Waals surface area contributed by atoms with E-state index in [4.69, 9.17) is 18.9 Å². The van der Waals surface area contributed by atoms with Crippen LogP contribution in [0.15, 0.2) is 0 Å². The normalized spacial score (nSPS) is 34.9. The minimum atomic E-state index is -1.31. The summed E-state index contributed by atoms with van der Waals surface area (Å²) in [4.78, 5) is 38.3. The summed E-state index contributed by atoms with van der Waals surface area (Å²) in [5.41, 5.74) is -2.33. The van der Waals surface area contributed by atoms with Crippen LogP contribution in [-0.2, 0) is 33.3 Å². The Bertz CT molecular complexity index is 677. The van der Waals surface area contributed by atoms with Gasteiger partial charge in [0.1, 0.15) is 12.2 Å². The molecule has 158 valence electrons. The van der Waals surface area contributed by atoms with Crippen molar-refractivity contribution in [3.05, 3.63) is 0 Å². The van der Waals surface area contributed by atoms with Crippen molar-refractivity contribution in [1.82, 2.24) is 0 Å². The SMILES string of the molecule is CCC(C)(C)C(=O)OC1C2CC3C1OC(=O)C3(C(=O)OC(OC)C(C)(C)C)C2. The molecular formula is C21H32O7. The fraction of sp³-hybridized carbons (Fsp3) is 0.857. The molecule has 0 aromatic carbocycles. The van der Waals surface area contributed by atoms with E-state index >= 15 is 0 Å². The molecule has 1 heterocycles. The molecule has 0 aromatic heterocycles. The van der Waals surface area contributed by atoms with Crippen LogP contribution < -0.4 is 0 Å². The fourth-order valence-corrected chi connectivity index (χ4v) is 4.64. The summed E-state index contributed by atoms with van der Waals surface area (Å²) in [6.45, 7) is 11.3. The number of carbonyl (C=O) groups excluding carboxylic acids is 3. The molecule has 7 heteroatoms. The van der Waals surface area contributed by atoms with Crippen molar-refractivity contribution in [2.45, 2.75) is 79.3 Å². The Kier molecular flexibility index (Phi) is 5.06. The number of hydrogen-bond donors (Lipinski definition) is 0. The lowest BCUT2D eigenvalue weighted by atomic mass is 9.73. The van der Waals surface area contributed by atoms with Gasteiger partial charge in [0.05, 0.1) is 5.41 Å². The third-order valence-corrected chi connectivity index (χ3v) is 6.75. The number of ether oxygens (including phenoxy) is 4. The summed E-state index contributed by atoms with van der Waals surface area (Å²) in [6.07, 6.45) is -0.277. The molecule has 2 aliphatic carbocycles. The Morgan fingerprint density at radius 2 is 1.89 bits per heavy atom. The number of esters is 3. The first-order valence-corrected chi connectivity index (χ1v) is 10.0. The zero-order chi connectivity index (χ0) is 21.1. The Morgan fingerprint density at radius 3 is 2.43 bits per heavy atom. The monoisotopic (exact) mass is 396 g/mol. The Morgan fingerprint density at radius 1 is 1.25 bits per heavy atom. The van der Waals surface area contributed by atoms with Crippen LogP contribution in [0.4, 0.5) is 0 Å². The predicted octanol–water partition coefficient (Wildman–Crippen LogP) is 2.85. The smallest absolute Gasteiger partial charge is 0.326 e. The molecule has 6 unspecified atom stereocenters. The number of hydrogen-bond acceptors (Lipinski definition) is 7. The third-order valence-electron chi connectivity index (χ3n) is 6.75. The minimum Gasteiger partial charge on any atom is -0.458 e. The van der Waals surface area contributed by atoms with Gasteiger partial charge < -0.3 is 18.9 Å². The molecule has 2 bridgehead atoms. The van der Waals surface area contributed by atoms with Crippen molar-refractivity contribution in [1.29, 1.82) is 0 Å². The largest absolute Gasteiger partial charge is 0.458 e. The summed E-state index contributed by atoms with van der Waals surface area (Å²) in [7, 11) is 1.47. The molecular weight excluding hydrogens is 364 g/mol. The first kappa shape index (κ1) is 21.1. The van der Waals surface area contributed by atoms with E-state index in [1.54, 1.807) is 0 Å². The van der Waals surface area contributed by atoms with Gasteiger partial charge in [0.25, 0.3) is 0 Å². The molecule has 0 radical (unpaired) electrons. The van der Waals surface area contributed by atoms with E-state index in [0.29, 0.717) is 12.8 Å². The molecule has 2 saturated carbocycles. The number of rotatable bonds is 6. The highest BCUT2D eigenvalue weighted by Gasteiger charge is 2.75. The van der Waals surface area contributed by atoms with Gasteiger partial charge in [-0.2, -0.15) is 0 Å². The lowest BCUT2D eigenvalue weighted by Crippen LogP contribution is -2.48. The van der Waals surface area contributed by atoms with E-state index in [1.165, 1.54) is 7.11 Å². The summed E-state index contributed by atoms with van der Waals surface area (Å²) in [6, 6.07) is 0. The predicted molar refractivity (Wildman–Crippen MR) is 98.8 cm³/mol. The van der Waals surface area contributed by atoms with Crippen LogP contribution >= 0.6 is 0 Å². The Balaban J connectivity index is 1.78. The van der Waals surface area contributed by atoms with E-state index < -0.39 is 46.7 Å². The van der Waals surface area contributed by atoms with Crippen molar-refractivity contribution in [3.8, 4) is 0 Å². The van der Waals surface area contributed by atoms with E-state index in [-0.39, 0.29) is 24.2 Å². The maximum atomic E-state index is 13.1. The molecule has 1 saturated heterocycles. The van der Waals surface area contributed by atoms with Crippen LogP contribution in [-0.4, -0.2) is 43.5 Å². The van der Waals surface area contributed by atoms with E-state index in [9.17, 15) is 14.4 Å². The fourth-order valence-electron chi connectivity index (χ4n) is 4.64. The molecule has 3 aliphatic rings. The number of fused-ring (bicyclic) bond motifs is 1. The zero-order valence-electron chi connectivity index (χ0n) is 17.9. The first-order valence-electron chi connectivity index (χ1n) is 10.0. The van der Waals surface area contributed by atoms with Crippen LogP contribution in [0.5, 0.6) is 0 Å². The topological polar surface area (TPSA) is 88.1 Å². The molecule has 3 rings (SSSR count). The average Bonchev–Trinajstić information content (AvgIpc) is 3.20. The molecule has 6 atom stereocenters. The van der Waals surface area contributed by atoms with Crippen LogP contribution in [0, 0.1) is 28.1 Å². The van der Waals surface area contributed by atoms with E-state index in [0.717, 1.165) is 0 Å². The average molecular weight is 396 g/mol. The second-order valence-corrected chi connectivity index (χ2v) is 10.1. The molecule has 0 spiro atoms. The Hall–Kier alpha value is -1.63. The lowest BCUT2D eigenvalue weighted by Gasteiger charge is -2.34. The highest BCUT2D eigenvalue weighted by Crippen LogP contribution is 2.63. The third kappa shape index (κ3) is 3.02. The summed E-state index contributed by atoms with van der Waals surface area (Å²) in [5, 5.41) is 0.